The summed E-state index contributed by atoms with van der Waals surface area (Å²) in [5.74, 6) is 1.79. The number of rotatable bonds is 9. The lowest BCUT2D eigenvalue weighted by Crippen LogP contribution is -2.27. The number of fused-ring (bicyclic) bond motifs is 1. The number of benzene rings is 1. The quantitative estimate of drug-likeness (QED) is 0.496. The fourth-order valence-electron chi connectivity index (χ4n) is 3.19. The van der Waals surface area contributed by atoms with Crippen molar-refractivity contribution in [3.63, 3.8) is 0 Å². The molecule has 30 heavy (non-hydrogen) atoms. The first-order valence-electron chi connectivity index (χ1n) is 9.58. The Labute approximate surface area is 179 Å². The summed E-state index contributed by atoms with van der Waals surface area (Å²) in [7, 11) is 3.20. The fourth-order valence-corrected chi connectivity index (χ4v) is 3.96. The van der Waals surface area contributed by atoms with Crippen LogP contribution in [-0.4, -0.2) is 52.0 Å². The number of carbonyl (C=O) groups is 1. The topological polar surface area (TPSA) is 117 Å². The Morgan fingerprint density at radius 3 is 2.70 bits per heavy atom. The Morgan fingerprint density at radius 1 is 1.23 bits per heavy atom. The van der Waals surface area contributed by atoms with E-state index in [2.05, 4.69) is 20.5 Å². The maximum Gasteiger partial charge on any atom is 0.230 e. The first kappa shape index (κ1) is 21.7. The van der Waals surface area contributed by atoms with E-state index in [4.69, 9.17) is 15.2 Å². The molecule has 3 aromatic rings. The molecule has 3 rings (SSSR count). The van der Waals surface area contributed by atoms with Gasteiger partial charge < -0.3 is 20.5 Å². The van der Waals surface area contributed by atoms with E-state index in [1.165, 1.54) is 11.8 Å². The summed E-state index contributed by atoms with van der Waals surface area (Å²) in [5, 5.41) is 11.9. The van der Waals surface area contributed by atoms with E-state index in [9.17, 15) is 4.79 Å². The number of nitrogens with one attached hydrogen (secondary N) is 1. The molecule has 0 unspecified atom stereocenters. The third kappa shape index (κ3) is 4.59. The minimum atomic E-state index is -0.0911. The normalized spacial score (nSPS) is 10.9. The van der Waals surface area contributed by atoms with Gasteiger partial charge in [0.25, 0.3) is 0 Å². The van der Waals surface area contributed by atoms with Crippen LogP contribution in [0.4, 0.5) is 5.95 Å². The van der Waals surface area contributed by atoms with Crippen LogP contribution in [0.3, 0.4) is 0 Å². The van der Waals surface area contributed by atoms with Crippen molar-refractivity contribution in [2.45, 2.75) is 31.8 Å². The molecule has 1 aromatic carbocycles. The second-order valence-corrected chi connectivity index (χ2v) is 7.55. The van der Waals surface area contributed by atoms with Gasteiger partial charge in [0.15, 0.2) is 22.3 Å². The number of thioether (sulfide) groups is 1. The highest BCUT2D eigenvalue weighted by Crippen LogP contribution is 2.27. The smallest absolute Gasteiger partial charge is 0.230 e. The van der Waals surface area contributed by atoms with Crippen LogP contribution in [0.5, 0.6) is 11.5 Å². The van der Waals surface area contributed by atoms with Crippen LogP contribution in [0.15, 0.2) is 23.4 Å². The van der Waals surface area contributed by atoms with E-state index in [1.807, 2.05) is 32.0 Å². The van der Waals surface area contributed by atoms with Crippen LogP contribution < -0.4 is 20.5 Å². The Hall–Kier alpha value is -3.01. The number of ether oxygens (including phenoxy) is 2. The largest absolute Gasteiger partial charge is 0.493 e. The van der Waals surface area contributed by atoms with Gasteiger partial charge in [0, 0.05) is 17.8 Å². The number of aryl methyl sites for hydroxylation is 2. The molecule has 9 nitrogen and oxygen atoms in total. The van der Waals surface area contributed by atoms with Gasteiger partial charge in [0.05, 0.1) is 20.0 Å². The number of anilines is 1. The van der Waals surface area contributed by atoms with Crippen molar-refractivity contribution >= 4 is 29.3 Å². The van der Waals surface area contributed by atoms with Crippen molar-refractivity contribution in [3.05, 3.63) is 35.0 Å². The Kier molecular flexibility index (Phi) is 6.99. The number of hydrogen-bond donors (Lipinski definition) is 2. The summed E-state index contributed by atoms with van der Waals surface area (Å²) in [4.78, 5) is 16.6. The maximum absolute atomic E-state index is 12.3. The molecule has 0 saturated heterocycles. The molecule has 0 bridgehead atoms. The Balaban J connectivity index is 1.57. The molecular weight excluding hydrogens is 404 g/mol. The molecule has 2 aromatic heterocycles. The van der Waals surface area contributed by atoms with Crippen molar-refractivity contribution in [2.75, 3.05) is 32.3 Å². The number of nitrogens with two attached hydrogens (primary N) is 1. The standard InChI is InChI=1S/C20H26N6O3S/c1-5-14-12(2)23-19(21)26-18(14)24-25-20(26)30-11-17(27)22-9-8-13-6-7-15(28-3)16(10-13)29-4/h6-7,10H,5,8-9,11H2,1-4H3,(H2,21,23)(H,22,27). The van der Waals surface area contributed by atoms with Crippen LogP contribution in [0.25, 0.3) is 5.65 Å². The number of nitrogen functional groups attached to an aromatic ring is 1. The van der Waals surface area contributed by atoms with Crippen molar-refractivity contribution in [3.8, 4) is 11.5 Å². The fraction of sp³-hybridized carbons (Fsp3) is 0.400. The molecule has 1 amide bonds. The van der Waals surface area contributed by atoms with Gasteiger partial charge in [0.1, 0.15) is 0 Å². The van der Waals surface area contributed by atoms with Gasteiger partial charge in [-0.3, -0.25) is 4.79 Å². The highest BCUT2D eigenvalue weighted by Gasteiger charge is 2.16. The third-order valence-corrected chi connectivity index (χ3v) is 5.65. The van der Waals surface area contributed by atoms with Crippen molar-refractivity contribution < 1.29 is 14.3 Å². The molecular formula is C20H26N6O3S. The Bertz CT molecular complexity index is 1050. The van der Waals surface area contributed by atoms with Crippen molar-refractivity contribution in [1.82, 2.24) is 24.9 Å². The number of methoxy groups -OCH3 is 2. The molecule has 10 heteroatoms. The highest BCUT2D eigenvalue weighted by atomic mass is 32.2. The summed E-state index contributed by atoms with van der Waals surface area (Å²) >= 11 is 1.28. The van der Waals surface area contributed by atoms with E-state index >= 15 is 0 Å². The average molecular weight is 431 g/mol. The molecule has 2 heterocycles. The van der Waals surface area contributed by atoms with E-state index in [1.54, 1.807) is 18.6 Å². The van der Waals surface area contributed by atoms with Crippen LogP contribution in [0.1, 0.15) is 23.7 Å². The molecule has 0 spiro atoms. The first-order chi connectivity index (χ1) is 14.5. The second kappa shape index (κ2) is 9.66. The zero-order valence-electron chi connectivity index (χ0n) is 17.6. The summed E-state index contributed by atoms with van der Waals surface area (Å²) < 4.78 is 12.2. The molecule has 0 aliphatic rings. The second-order valence-electron chi connectivity index (χ2n) is 6.61. The first-order valence-corrected chi connectivity index (χ1v) is 10.6. The van der Waals surface area contributed by atoms with Gasteiger partial charge in [-0.05, 0) is 37.5 Å². The van der Waals surface area contributed by atoms with Crippen molar-refractivity contribution in [1.29, 1.82) is 0 Å². The molecule has 0 aliphatic carbocycles. The predicted octanol–water partition coefficient (Wildman–Crippen LogP) is 2.05. The molecule has 0 aliphatic heterocycles. The molecule has 160 valence electrons. The van der Waals surface area contributed by atoms with Crippen LogP contribution in [0, 0.1) is 6.92 Å². The number of nitrogens with zero attached hydrogens (tertiary/aromatic N) is 4. The number of aromatic nitrogens is 4. The number of hydrogen-bond acceptors (Lipinski definition) is 8. The van der Waals surface area contributed by atoms with Crippen molar-refractivity contribution in [2.24, 2.45) is 0 Å². The minimum Gasteiger partial charge on any atom is -0.493 e. The van der Waals surface area contributed by atoms with E-state index in [0.29, 0.717) is 41.2 Å². The predicted molar refractivity (Wildman–Crippen MR) is 116 cm³/mol. The highest BCUT2D eigenvalue weighted by molar-refractivity contribution is 7.99. The van der Waals surface area contributed by atoms with E-state index < -0.39 is 0 Å². The molecule has 3 N–H and O–H groups in total. The lowest BCUT2D eigenvalue weighted by Gasteiger charge is -2.10. The van der Waals surface area contributed by atoms with Crippen LogP contribution in [0.2, 0.25) is 0 Å². The average Bonchev–Trinajstić information content (AvgIpc) is 3.16. The zero-order chi connectivity index (χ0) is 21.7. The number of amides is 1. The van der Waals surface area contributed by atoms with Crippen LogP contribution >= 0.6 is 11.8 Å². The molecule has 0 fully saturated rings. The van der Waals surface area contributed by atoms with E-state index in [0.717, 1.165) is 23.2 Å². The lowest BCUT2D eigenvalue weighted by molar-refractivity contribution is -0.118. The van der Waals surface area contributed by atoms with Crippen LogP contribution in [-0.2, 0) is 17.6 Å². The minimum absolute atomic E-state index is 0.0911. The van der Waals surface area contributed by atoms with Gasteiger partial charge in [-0.2, -0.15) is 0 Å². The van der Waals surface area contributed by atoms with Gasteiger partial charge in [0.2, 0.25) is 11.9 Å². The van der Waals surface area contributed by atoms with Gasteiger partial charge in [-0.15, -0.1) is 10.2 Å². The molecule has 0 atom stereocenters. The maximum atomic E-state index is 12.3. The van der Waals surface area contributed by atoms with Gasteiger partial charge >= 0.3 is 0 Å². The zero-order valence-corrected chi connectivity index (χ0v) is 18.4. The van der Waals surface area contributed by atoms with Gasteiger partial charge in [-0.25, -0.2) is 9.38 Å². The monoisotopic (exact) mass is 430 g/mol. The molecule has 0 saturated carbocycles. The summed E-state index contributed by atoms with van der Waals surface area (Å²) in [6.07, 6.45) is 1.46. The van der Waals surface area contributed by atoms with E-state index in [-0.39, 0.29) is 11.7 Å². The molecule has 0 radical (unpaired) electrons. The summed E-state index contributed by atoms with van der Waals surface area (Å²) in [6.45, 7) is 4.45. The van der Waals surface area contributed by atoms with Gasteiger partial charge in [-0.1, -0.05) is 24.8 Å². The lowest BCUT2D eigenvalue weighted by atomic mass is 10.1. The third-order valence-electron chi connectivity index (χ3n) is 4.72. The number of carbonyl (C=O) groups excluding carboxylic acids is 1. The SMILES string of the molecule is CCc1c(C)nc(N)n2c(SCC(=O)NCCc3ccc(OC)c(OC)c3)nnc12. The Morgan fingerprint density at radius 2 is 2.00 bits per heavy atom. The summed E-state index contributed by atoms with van der Waals surface area (Å²) in [6, 6.07) is 5.71. The summed E-state index contributed by atoms with van der Waals surface area (Å²) in [5.41, 5.74) is 9.65.